The van der Waals surface area contributed by atoms with Crippen LogP contribution >= 0.6 is 11.3 Å². The van der Waals surface area contributed by atoms with Crippen LogP contribution in [0, 0.1) is 11.7 Å². The van der Waals surface area contributed by atoms with Crippen molar-refractivity contribution in [1.82, 2.24) is 20.2 Å². The minimum absolute atomic E-state index is 0.175. The van der Waals surface area contributed by atoms with E-state index in [9.17, 15) is 9.18 Å². The van der Waals surface area contributed by atoms with Crippen LogP contribution in [0.5, 0.6) is 5.75 Å². The molecule has 162 valence electrons. The predicted octanol–water partition coefficient (Wildman–Crippen LogP) is 4.07. The van der Waals surface area contributed by atoms with Crippen molar-refractivity contribution in [3.63, 3.8) is 0 Å². The molecular weight excluding hydrogens is 415 g/mol. The zero-order chi connectivity index (χ0) is 21.6. The average molecular weight is 441 g/mol. The normalized spacial score (nSPS) is 17.8. The Morgan fingerprint density at radius 2 is 2.23 bits per heavy atom. The maximum Gasteiger partial charge on any atom is 0.270 e. The van der Waals surface area contributed by atoms with E-state index in [2.05, 4.69) is 20.2 Å². The van der Waals surface area contributed by atoms with Crippen molar-refractivity contribution >= 4 is 17.2 Å². The zero-order valence-corrected chi connectivity index (χ0v) is 18.1. The Kier molecular flexibility index (Phi) is 6.89. The van der Waals surface area contributed by atoms with E-state index in [-0.39, 0.29) is 23.7 Å². The standard InChI is InChI=1S/C23H25FN4O2S/c1-30-18-8-7-16(19(24)13-18)14-28-11-4-5-17(15-28)21(23-26-10-12-31-23)27-22(29)20-6-2-3-9-25-20/h2-3,6-10,12-13,17,21H,4-5,11,14-15H2,1H3,(H,27,29)/t17-,21-/m1/s1. The smallest absolute Gasteiger partial charge is 0.270 e. The number of ether oxygens (including phenoxy) is 1. The fourth-order valence-corrected chi connectivity index (χ4v) is 4.79. The summed E-state index contributed by atoms with van der Waals surface area (Å²) < 4.78 is 19.6. The Morgan fingerprint density at radius 3 is 2.94 bits per heavy atom. The van der Waals surface area contributed by atoms with Crippen molar-refractivity contribution in [3.05, 3.63) is 76.3 Å². The second-order valence-electron chi connectivity index (χ2n) is 7.63. The van der Waals surface area contributed by atoms with E-state index in [1.165, 1.54) is 24.5 Å². The molecule has 1 saturated heterocycles. The van der Waals surface area contributed by atoms with Gasteiger partial charge in [-0.1, -0.05) is 12.1 Å². The minimum atomic E-state index is -0.263. The highest BCUT2D eigenvalue weighted by atomic mass is 32.1. The molecule has 8 heteroatoms. The third-order valence-electron chi connectivity index (χ3n) is 5.57. The Balaban J connectivity index is 1.49. The number of amides is 1. The van der Waals surface area contributed by atoms with Gasteiger partial charge < -0.3 is 10.1 Å². The summed E-state index contributed by atoms with van der Waals surface area (Å²) in [6, 6.07) is 10.1. The van der Waals surface area contributed by atoms with Gasteiger partial charge >= 0.3 is 0 Å². The van der Waals surface area contributed by atoms with Crippen LogP contribution in [0.1, 0.15) is 39.9 Å². The summed E-state index contributed by atoms with van der Waals surface area (Å²) in [4.78, 5) is 23.7. The lowest BCUT2D eigenvalue weighted by molar-refractivity contribution is 0.0872. The first-order valence-electron chi connectivity index (χ1n) is 10.3. The van der Waals surface area contributed by atoms with Gasteiger partial charge in [0.15, 0.2) is 0 Å². The molecule has 2 atom stereocenters. The quantitative estimate of drug-likeness (QED) is 0.600. The summed E-state index contributed by atoms with van der Waals surface area (Å²) in [6.07, 6.45) is 5.31. The second kappa shape index (κ2) is 9.98. The lowest BCUT2D eigenvalue weighted by atomic mass is 9.90. The third kappa shape index (κ3) is 5.26. The number of aromatic nitrogens is 2. The maximum atomic E-state index is 14.5. The number of carbonyl (C=O) groups excluding carboxylic acids is 1. The van der Waals surface area contributed by atoms with Crippen molar-refractivity contribution in [2.24, 2.45) is 5.92 Å². The molecule has 0 spiro atoms. The maximum absolute atomic E-state index is 14.5. The highest BCUT2D eigenvalue weighted by Gasteiger charge is 2.31. The van der Waals surface area contributed by atoms with Crippen molar-refractivity contribution in [2.45, 2.75) is 25.4 Å². The van der Waals surface area contributed by atoms with Gasteiger partial charge in [-0.15, -0.1) is 11.3 Å². The molecule has 1 fully saturated rings. The van der Waals surface area contributed by atoms with Crippen molar-refractivity contribution < 1.29 is 13.9 Å². The van der Waals surface area contributed by atoms with Gasteiger partial charge in [0, 0.05) is 42.5 Å². The number of piperidine rings is 1. The molecule has 1 aliphatic rings. The highest BCUT2D eigenvalue weighted by molar-refractivity contribution is 7.09. The van der Waals surface area contributed by atoms with Crippen LogP contribution in [-0.2, 0) is 6.54 Å². The van der Waals surface area contributed by atoms with Gasteiger partial charge in [-0.2, -0.15) is 0 Å². The van der Waals surface area contributed by atoms with E-state index in [1.807, 2.05) is 5.38 Å². The summed E-state index contributed by atoms with van der Waals surface area (Å²) in [5, 5.41) is 5.95. The molecule has 3 aromatic rings. The first kappa shape index (κ1) is 21.4. The number of hydrogen-bond acceptors (Lipinski definition) is 6. The van der Waals surface area contributed by atoms with Gasteiger partial charge in [0.05, 0.1) is 13.2 Å². The fraction of sp³-hybridized carbons (Fsp3) is 0.348. The number of pyridine rings is 1. The van der Waals surface area contributed by atoms with E-state index in [0.29, 0.717) is 23.6 Å². The molecule has 2 aromatic heterocycles. The Hall–Kier alpha value is -2.84. The topological polar surface area (TPSA) is 67.3 Å². The van der Waals surface area contributed by atoms with Gasteiger partial charge in [0.25, 0.3) is 5.91 Å². The van der Waals surface area contributed by atoms with Crippen LogP contribution in [-0.4, -0.2) is 41.0 Å². The number of carbonyl (C=O) groups is 1. The molecule has 0 aliphatic carbocycles. The number of nitrogens with one attached hydrogen (secondary N) is 1. The molecule has 1 aliphatic heterocycles. The largest absolute Gasteiger partial charge is 0.497 e. The first-order chi connectivity index (χ1) is 15.1. The number of hydrogen-bond donors (Lipinski definition) is 1. The van der Waals surface area contributed by atoms with Gasteiger partial charge in [-0.25, -0.2) is 9.37 Å². The molecular formula is C23H25FN4O2S. The van der Waals surface area contributed by atoms with E-state index in [1.54, 1.807) is 42.7 Å². The average Bonchev–Trinajstić information content (AvgIpc) is 3.34. The Bertz CT molecular complexity index is 1000. The number of benzene rings is 1. The summed E-state index contributed by atoms with van der Waals surface area (Å²) in [6.45, 7) is 2.16. The zero-order valence-electron chi connectivity index (χ0n) is 17.3. The van der Waals surface area contributed by atoms with Gasteiger partial charge in [0.2, 0.25) is 0 Å². The molecule has 4 rings (SSSR count). The van der Waals surface area contributed by atoms with E-state index < -0.39 is 0 Å². The summed E-state index contributed by atoms with van der Waals surface area (Å²) >= 11 is 1.53. The number of halogens is 1. The first-order valence-corrected chi connectivity index (χ1v) is 11.2. The Morgan fingerprint density at radius 1 is 1.32 bits per heavy atom. The van der Waals surface area contributed by atoms with E-state index in [4.69, 9.17) is 4.74 Å². The van der Waals surface area contributed by atoms with Crippen LogP contribution in [0.15, 0.2) is 54.2 Å². The third-order valence-corrected chi connectivity index (χ3v) is 6.43. The van der Waals surface area contributed by atoms with Crippen molar-refractivity contribution in [1.29, 1.82) is 0 Å². The Labute approximate surface area is 185 Å². The summed E-state index contributed by atoms with van der Waals surface area (Å²) in [5.74, 6) is 0.216. The molecule has 31 heavy (non-hydrogen) atoms. The molecule has 0 bridgehead atoms. The molecule has 0 saturated carbocycles. The lowest BCUT2D eigenvalue weighted by Gasteiger charge is -2.36. The van der Waals surface area contributed by atoms with Gasteiger partial charge in [-0.05, 0) is 43.5 Å². The molecule has 6 nitrogen and oxygen atoms in total. The summed E-state index contributed by atoms with van der Waals surface area (Å²) in [7, 11) is 1.53. The van der Waals surface area contributed by atoms with Crippen molar-refractivity contribution in [2.75, 3.05) is 20.2 Å². The summed E-state index contributed by atoms with van der Waals surface area (Å²) in [5.41, 5.74) is 1.03. The fourth-order valence-electron chi connectivity index (χ4n) is 4.01. The second-order valence-corrected chi connectivity index (χ2v) is 8.56. The molecule has 0 unspecified atom stereocenters. The number of methoxy groups -OCH3 is 1. The molecule has 0 radical (unpaired) electrons. The van der Waals surface area contributed by atoms with Crippen LogP contribution in [0.3, 0.4) is 0 Å². The lowest BCUT2D eigenvalue weighted by Crippen LogP contribution is -2.43. The van der Waals surface area contributed by atoms with E-state index >= 15 is 0 Å². The van der Waals surface area contributed by atoms with Gasteiger partial charge in [-0.3, -0.25) is 14.7 Å². The number of thiazole rings is 1. The van der Waals surface area contributed by atoms with Crippen LogP contribution in [0.2, 0.25) is 0 Å². The molecule has 1 N–H and O–H groups in total. The van der Waals surface area contributed by atoms with Crippen LogP contribution < -0.4 is 10.1 Å². The van der Waals surface area contributed by atoms with Crippen LogP contribution in [0.4, 0.5) is 4.39 Å². The van der Waals surface area contributed by atoms with Crippen molar-refractivity contribution in [3.8, 4) is 5.75 Å². The predicted molar refractivity (Wildman–Crippen MR) is 118 cm³/mol. The van der Waals surface area contributed by atoms with Gasteiger partial charge in [0.1, 0.15) is 22.3 Å². The SMILES string of the molecule is COc1ccc(CN2CCC[C@@H]([C@@H](NC(=O)c3ccccn3)c3nccs3)C2)c(F)c1. The molecule has 3 heterocycles. The number of nitrogens with zero attached hydrogens (tertiary/aromatic N) is 3. The van der Waals surface area contributed by atoms with Crippen LogP contribution in [0.25, 0.3) is 0 Å². The monoisotopic (exact) mass is 440 g/mol. The number of likely N-dealkylation sites (tertiary alicyclic amines) is 1. The highest BCUT2D eigenvalue weighted by Crippen LogP contribution is 2.32. The molecule has 1 amide bonds. The minimum Gasteiger partial charge on any atom is -0.497 e. The van der Waals surface area contributed by atoms with E-state index in [0.717, 1.165) is 30.9 Å². The number of rotatable bonds is 7. The molecule has 1 aromatic carbocycles.